The second-order valence-electron chi connectivity index (χ2n) is 4.68. The first kappa shape index (κ1) is 10.3. The lowest BCUT2D eigenvalue weighted by Gasteiger charge is -2.07. The van der Waals surface area contributed by atoms with Crippen molar-refractivity contribution in [2.24, 2.45) is 0 Å². The Kier molecular flexibility index (Phi) is 2.36. The minimum atomic E-state index is -0.767. The smallest absolute Gasteiger partial charge is 0.307 e. The van der Waals surface area contributed by atoms with E-state index in [0.717, 1.165) is 18.4 Å². The summed E-state index contributed by atoms with van der Waals surface area (Å²) in [4.78, 5) is 10.7. The normalized spacial score (nSPS) is 13.9. The molecule has 0 bridgehead atoms. The van der Waals surface area contributed by atoms with Crippen LogP contribution in [0.1, 0.15) is 23.1 Å². The Morgan fingerprint density at radius 2 is 2.00 bits per heavy atom. The van der Waals surface area contributed by atoms with Crippen molar-refractivity contribution in [3.05, 3.63) is 47.0 Å². The van der Waals surface area contributed by atoms with Crippen LogP contribution in [0.15, 0.2) is 30.3 Å². The van der Waals surface area contributed by atoms with Crippen molar-refractivity contribution in [1.29, 1.82) is 0 Å². The summed E-state index contributed by atoms with van der Waals surface area (Å²) in [6.07, 6.45) is 3.62. The standard InChI is InChI=1S/C15H14O2/c16-15(17)9-10-4-5-12-7-6-11-2-1-3-13(11)14(12)8-10/h4-8H,1-3,9H2,(H,16,17). The first-order valence-corrected chi connectivity index (χ1v) is 5.99. The third-order valence-electron chi connectivity index (χ3n) is 3.52. The minimum Gasteiger partial charge on any atom is -0.481 e. The molecule has 86 valence electrons. The molecule has 0 unspecified atom stereocenters. The number of fused-ring (bicyclic) bond motifs is 3. The van der Waals surface area contributed by atoms with E-state index in [1.54, 1.807) is 0 Å². The Morgan fingerprint density at radius 3 is 2.82 bits per heavy atom. The molecule has 0 amide bonds. The molecule has 2 nitrogen and oxygen atoms in total. The van der Waals surface area contributed by atoms with Gasteiger partial charge in [0.2, 0.25) is 0 Å². The van der Waals surface area contributed by atoms with Crippen molar-refractivity contribution in [2.75, 3.05) is 0 Å². The van der Waals surface area contributed by atoms with E-state index in [2.05, 4.69) is 12.1 Å². The van der Waals surface area contributed by atoms with E-state index in [-0.39, 0.29) is 6.42 Å². The van der Waals surface area contributed by atoms with Crippen molar-refractivity contribution >= 4 is 16.7 Å². The van der Waals surface area contributed by atoms with Crippen LogP contribution in [0.25, 0.3) is 10.8 Å². The summed E-state index contributed by atoms with van der Waals surface area (Å²) in [6, 6.07) is 10.4. The molecule has 0 fully saturated rings. The predicted octanol–water partition coefficient (Wildman–Crippen LogP) is 2.96. The maximum absolute atomic E-state index is 10.7. The van der Waals surface area contributed by atoms with Gasteiger partial charge in [0.05, 0.1) is 6.42 Å². The number of carboxylic acid groups (broad SMARTS) is 1. The van der Waals surface area contributed by atoms with Gasteiger partial charge in [-0.1, -0.05) is 30.3 Å². The number of carboxylic acids is 1. The molecule has 1 aliphatic carbocycles. The topological polar surface area (TPSA) is 37.3 Å². The van der Waals surface area contributed by atoms with Crippen LogP contribution in [0.2, 0.25) is 0 Å². The highest BCUT2D eigenvalue weighted by Crippen LogP contribution is 2.30. The van der Waals surface area contributed by atoms with Crippen LogP contribution in [0.5, 0.6) is 0 Å². The van der Waals surface area contributed by atoms with E-state index in [1.165, 1.54) is 28.3 Å². The lowest BCUT2D eigenvalue weighted by atomic mass is 9.98. The average molecular weight is 226 g/mol. The zero-order chi connectivity index (χ0) is 11.8. The second kappa shape index (κ2) is 3.88. The lowest BCUT2D eigenvalue weighted by Crippen LogP contribution is -2.00. The van der Waals surface area contributed by atoms with E-state index in [1.807, 2.05) is 18.2 Å². The Hall–Kier alpha value is -1.83. The Bertz CT molecular complexity index is 599. The minimum absolute atomic E-state index is 0.111. The van der Waals surface area contributed by atoms with Gasteiger partial charge in [0.1, 0.15) is 0 Å². The molecule has 0 heterocycles. The summed E-state index contributed by atoms with van der Waals surface area (Å²) >= 11 is 0. The molecule has 0 atom stereocenters. The van der Waals surface area contributed by atoms with Gasteiger partial charge in [-0.2, -0.15) is 0 Å². The van der Waals surface area contributed by atoms with Gasteiger partial charge in [0.25, 0.3) is 0 Å². The van der Waals surface area contributed by atoms with Crippen molar-refractivity contribution < 1.29 is 9.90 Å². The molecule has 0 radical (unpaired) electrons. The Balaban J connectivity index is 2.17. The van der Waals surface area contributed by atoms with Gasteiger partial charge >= 0.3 is 5.97 Å². The SMILES string of the molecule is O=C(O)Cc1ccc2ccc3c(c2c1)CCC3. The van der Waals surface area contributed by atoms with Gasteiger partial charge in [-0.15, -0.1) is 0 Å². The summed E-state index contributed by atoms with van der Waals surface area (Å²) in [6.45, 7) is 0. The summed E-state index contributed by atoms with van der Waals surface area (Å²) in [5.41, 5.74) is 3.75. The molecule has 1 aliphatic rings. The Morgan fingerprint density at radius 1 is 1.18 bits per heavy atom. The number of hydrogen-bond acceptors (Lipinski definition) is 1. The van der Waals surface area contributed by atoms with Crippen molar-refractivity contribution in [2.45, 2.75) is 25.7 Å². The van der Waals surface area contributed by atoms with Gasteiger partial charge in [0, 0.05) is 0 Å². The monoisotopic (exact) mass is 226 g/mol. The first-order chi connectivity index (χ1) is 8.24. The summed E-state index contributed by atoms with van der Waals surface area (Å²) in [7, 11) is 0. The van der Waals surface area contributed by atoms with E-state index in [9.17, 15) is 4.79 Å². The highest BCUT2D eigenvalue weighted by Gasteiger charge is 2.14. The third kappa shape index (κ3) is 1.80. The summed E-state index contributed by atoms with van der Waals surface area (Å²) in [5, 5.41) is 11.3. The molecule has 0 saturated carbocycles. The largest absolute Gasteiger partial charge is 0.481 e. The van der Waals surface area contributed by atoms with Crippen LogP contribution in [0.4, 0.5) is 0 Å². The van der Waals surface area contributed by atoms with Gasteiger partial charge in [0.15, 0.2) is 0 Å². The highest BCUT2D eigenvalue weighted by molar-refractivity contribution is 5.88. The molecule has 0 aliphatic heterocycles. The highest BCUT2D eigenvalue weighted by atomic mass is 16.4. The van der Waals surface area contributed by atoms with Crippen LogP contribution >= 0.6 is 0 Å². The number of rotatable bonds is 2. The second-order valence-corrected chi connectivity index (χ2v) is 4.68. The van der Waals surface area contributed by atoms with Crippen molar-refractivity contribution in [1.82, 2.24) is 0 Å². The van der Waals surface area contributed by atoms with Crippen molar-refractivity contribution in [3.63, 3.8) is 0 Å². The number of carbonyl (C=O) groups is 1. The van der Waals surface area contributed by atoms with Gasteiger partial charge in [-0.25, -0.2) is 0 Å². The molecule has 2 heteroatoms. The molecule has 17 heavy (non-hydrogen) atoms. The maximum Gasteiger partial charge on any atom is 0.307 e. The fourth-order valence-corrected chi connectivity index (χ4v) is 2.74. The quantitative estimate of drug-likeness (QED) is 0.854. The maximum atomic E-state index is 10.7. The fourth-order valence-electron chi connectivity index (χ4n) is 2.74. The van der Waals surface area contributed by atoms with Crippen LogP contribution in [-0.2, 0) is 24.1 Å². The molecule has 2 aromatic carbocycles. The van der Waals surface area contributed by atoms with E-state index >= 15 is 0 Å². The van der Waals surface area contributed by atoms with E-state index < -0.39 is 5.97 Å². The molecule has 1 N–H and O–H groups in total. The lowest BCUT2D eigenvalue weighted by molar-refractivity contribution is -0.136. The zero-order valence-corrected chi connectivity index (χ0v) is 9.57. The van der Waals surface area contributed by atoms with Gasteiger partial charge < -0.3 is 5.11 Å². The average Bonchev–Trinajstić information content (AvgIpc) is 2.76. The van der Waals surface area contributed by atoms with Gasteiger partial charge in [-0.05, 0) is 46.7 Å². The van der Waals surface area contributed by atoms with E-state index in [4.69, 9.17) is 5.11 Å². The van der Waals surface area contributed by atoms with Crippen LogP contribution < -0.4 is 0 Å². The zero-order valence-electron chi connectivity index (χ0n) is 9.57. The number of hydrogen-bond donors (Lipinski definition) is 1. The molecular weight excluding hydrogens is 212 g/mol. The van der Waals surface area contributed by atoms with Crippen LogP contribution in [0, 0.1) is 0 Å². The molecule has 3 rings (SSSR count). The number of aryl methyl sites for hydroxylation is 2. The summed E-state index contributed by atoms with van der Waals surface area (Å²) < 4.78 is 0. The molecule has 0 spiro atoms. The van der Waals surface area contributed by atoms with Gasteiger partial charge in [-0.3, -0.25) is 4.79 Å². The van der Waals surface area contributed by atoms with E-state index in [0.29, 0.717) is 0 Å². The third-order valence-corrected chi connectivity index (χ3v) is 3.52. The van der Waals surface area contributed by atoms with Crippen LogP contribution in [-0.4, -0.2) is 11.1 Å². The fraction of sp³-hybridized carbons (Fsp3) is 0.267. The number of benzene rings is 2. The summed E-state index contributed by atoms with van der Waals surface area (Å²) in [5.74, 6) is -0.767. The Labute approximate surface area is 99.9 Å². The molecular formula is C15H14O2. The molecule has 2 aromatic rings. The molecule has 0 saturated heterocycles. The van der Waals surface area contributed by atoms with Crippen molar-refractivity contribution in [3.8, 4) is 0 Å². The van der Waals surface area contributed by atoms with Crippen LogP contribution in [0.3, 0.4) is 0 Å². The predicted molar refractivity (Wildman–Crippen MR) is 67.3 cm³/mol. The first-order valence-electron chi connectivity index (χ1n) is 5.99. The number of aliphatic carboxylic acids is 1. The molecule has 0 aromatic heterocycles.